The highest BCUT2D eigenvalue weighted by Crippen LogP contribution is 2.21. The lowest BCUT2D eigenvalue weighted by Crippen LogP contribution is -2.36. The van der Waals surface area contributed by atoms with E-state index in [9.17, 15) is 4.79 Å². The van der Waals surface area contributed by atoms with E-state index in [0.29, 0.717) is 12.1 Å². The van der Waals surface area contributed by atoms with Crippen LogP contribution < -0.4 is 0 Å². The predicted molar refractivity (Wildman–Crippen MR) is 72.2 cm³/mol. The second-order valence-corrected chi connectivity index (χ2v) is 4.99. The van der Waals surface area contributed by atoms with Crippen LogP contribution in [0.2, 0.25) is 5.22 Å². The van der Waals surface area contributed by atoms with Crippen molar-refractivity contribution in [1.82, 2.24) is 4.90 Å². The van der Waals surface area contributed by atoms with Gasteiger partial charge in [0, 0.05) is 6.04 Å². The van der Waals surface area contributed by atoms with Crippen molar-refractivity contribution in [2.24, 2.45) is 0 Å². The minimum Gasteiger partial charge on any atom is -0.464 e. The molecule has 4 nitrogen and oxygen atoms in total. The molecule has 0 fully saturated rings. The van der Waals surface area contributed by atoms with E-state index in [1.54, 1.807) is 11.0 Å². The number of carbonyl (C=O) groups excluding carboxylic acids is 1. The average Bonchev–Trinajstić information content (AvgIpc) is 2.94. The van der Waals surface area contributed by atoms with E-state index < -0.39 is 0 Å². The third kappa shape index (κ3) is 3.01. The Morgan fingerprint density at radius 2 is 2.11 bits per heavy atom. The van der Waals surface area contributed by atoms with Crippen LogP contribution in [0.5, 0.6) is 0 Å². The molecule has 0 aliphatic heterocycles. The molecule has 2 aromatic rings. The number of hydrogen-bond donors (Lipinski definition) is 0. The molecule has 0 unspecified atom stereocenters. The van der Waals surface area contributed by atoms with Gasteiger partial charge >= 0.3 is 0 Å². The summed E-state index contributed by atoms with van der Waals surface area (Å²) in [5.41, 5.74) is 0.374. The molecule has 0 aliphatic carbocycles. The number of hydrogen-bond acceptors (Lipinski definition) is 3. The minimum atomic E-state index is -0.164. The molecule has 0 aromatic carbocycles. The van der Waals surface area contributed by atoms with Gasteiger partial charge in [0.2, 0.25) is 5.22 Å². The molecule has 0 atom stereocenters. The Bertz CT molecular complexity index is 571. The van der Waals surface area contributed by atoms with Gasteiger partial charge in [0.25, 0.3) is 5.91 Å². The first-order chi connectivity index (χ1) is 8.99. The average molecular weight is 282 g/mol. The van der Waals surface area contributed by atoms with Crippen LogP contribution in [0.3, 0.4) is 0 Å². The maximum Gasteiger partial charge on any atom is 0.259 e. The molecule has 0 aliphatic rings. The molecule has 2 rings (SSSR count). The molecular weight excluding hydrogens is 266 g/mol. The first-order valence-electron chi connectivity index (χ1n) is 6.08. The van der Waals surface area contributed by atoms with Gasteiger partial charge in [-0.15, -0.1) is 0 Å². The van der Waals surface area contributed by atoms with Crippen molar-refractivity contribution in [2.45, 2.75) is 33.4 Å². The Labute approximate surface area is 116 Å². The maximum absolute atomic E-state index is 12.4. The van der Waals surface area contributed by atoms with E-state index in [4.69, 9.17) is 20.4 Å². The first kappa shape index (κ1) is 13.7. The highest BCUT2D eigenvalue weighted by molar-refractivity contribution is 6.32. The van der Waals surface area contributed by atoms with Gasteiger partial charge in [-0.3, -0.25) is 4.79 Å². The summed E-state index contributed by atoms with van der Waals surface area (Å²) in [4.78, 5) is 14.1. The molecule has 19 heavy (non-hydrogen) atoms. The van der Waals surface area contributed by atoms with E-state index >= 15 is 0 Å². The zero-order valence-electron chi connectivity index (χ0n) is 11.1. The summed E-state index contributed by atoms with van der Waals surface area (Å²) >= 11 is 5.85. The Hall–Kier alpha value is -1.68. The first-order valence-corrected chi connectivity index (χ1v) is 6.46. The summed E-state index contributed by atoms with van der Waals surface area (Å²) in [6, 6.07) is 5.36. The second kappa shape index (κ2) is 5.53. The van der Waals surface area contributed by atoms with Gasteiger partial charge in [0.05, 0.1) is 18.4 Å². The quantitative estimate of drug-likeness (QED) is 0.854. The zero-order valence-corrected chi connectivity index (χ0v) is 11.9. The van der Waals surface area contributed by atoms with Crippen LogP contribution in [-0.2, 0) is 6.54 Å². The molecule has 0 spiro atoms. The van der Waals surface area contributed by atoms with Crippen LogP contribution in [-0.4, -0.2) is 16.8 Å². The lowest BCUT2D eigenvalue weighted by atomic mass is 10.2. The molecule has 5 heteroatoms. The van der Waals surface area contributed by atoms with Gasteiger partial charge in [0.1, 0.15) is 11.5 Å². The monoisotopic (exact) mass is 281 g/mol. The van der Waals surface area contributed by atoms with Crippen molar-refractivity contribution in [3.8, 4) is 0 Å². The lowest BCUT2D eigenvalue weighted by molar-refractivity contribution is 0.0675. The van der Waals surface area contributed by atoms with Crippen molar-refractivity contribution in [3.05, 3.63) is 46.8 Å². The van der Waals surface area contributed by atoms with Crippen LogP contribution in [0.15, 0.2) is 33.3 Å². The van der Waals surface area contributed by atoms with Crippen molar-refractivity contribution >= 4 is 17.5 Å². The Kier molecular flexibility index (Phi) is 4.00. The van der Waals surface area contributed by atoms with Crippen molar-refractivity contribution < 1.29 is 13.6 Å². The van der Waals surface area contributed by atoms with Crippen LogP contribution in [0, 0.1) is 6.92 Å². The van der Waals surface area contributed by atoms with Crippen molar-refractivity contribution in [2.75, 3.05) is 0 Å². The van der Waals surface area contributed by atoms with Gasteiger partial charge in [-0.2, -0.15) is 0 Å². The summed E-state index contributed by atoms with van der Waals surface area (Å²) in [5.74, 6) is 1.41. The van der Waals surface area contributed by atoms with Gasteiger partial charge in [-0.1, -0.05) is 0 Å². The fourth-order valence-electron chi connectivity index (χ4n) is 1.83. The van der Waals surface area contributed by atoms with Crippen molar-refractivity contribution in [1.29, 1.82) is 0 Å². The van der Waals surface area contributed by atoms with Crippen LogP contribution >= 0.6 is 11.6 Å². The van der Waals surface area contributed by atoms with E-state index in [1.165, 1.54) is 6.26 Å². The number of nitrogens with zero attached hydrogens (tertiary/aromatic N) is 1. The number of amides is 1. The molecule has 1 amide bonds. The SMILES string of the molecule is Cc1ccc(CN(C(=O)c2ccoc2Cl)C(C)C)o1. The topological polar surface area (TPSA) is 46.6 Å². The maximum atomic E-state index is 12.4. The number of aryl methyl sites for hydroxylation is 1. The van der Waals surface area contributed by atoms with Crippen LogP contribution in [0.4, 0.5) is 0 Å². The summed E-state index contributed by atoms with van der Waals surface area (Å²) in [6.45, 7) is 6.17. The van der Waals surface area contributed by atoms with Gasteiger partial charge in [-0.05, 0) is 50.6 Å². The number of halogens is 1. The lowest BCUT2D eigenvalue weighted by Gasteiger charge is -2.25. The van der Waals surface area contributed by atoms with E-state index in [1.807, 2.05) is 32.9 Å². The predicted octanol–water partition coefficient (Wildman–Crippen LogP) is 3.89. The van der Waals surface area contributed by atoms with E-state index in [-0.39, 0.29) is 17.2 Å². The molecule has 0 radical (unpaired) electrons. The smallest absolute Gasteiger partial charge is 0.259 e. The Morgan fingerprint density at radius 3 is 2.58 bits per heavy atom. The van der Waals surface area contributed by atoms with E-state index in [0.717, 1.165) is 11.5 Å². The molecule has 102 valence electrons. The standard InChI is InChI=1S/C14H16ClNO3/c1-9(2)16(8-11-5-4-10(3)19-11)14(17)12-6-7-18-13(12)15/h4-7,9H,8H2,1-3H3. The Balaban J connectivity index is 2.21. The van der Waals surface area contributed by atoms with Gasteiger partial charge in [-0.25, -0.2) is 0 Å². The number of furan rings is 2. The third-order valence-electron chi connectivity index (χ3n) is 2.85. The molecule has 0 saturated carbocycles. The van der Waals surface area contributed by atoms with Crippen molar-refractivity contribution in [3.63, 3.8) is 0 Å². The fraction of sp³-hybridized carbons (Fsp3) is 0.357. The third-order valence-corrected chi connectivity index (χ3v) is 3.15. The summed E-state index contributed by atoms with van der Waals surface area (Å²) < 4.78 is 10.5. The highest BCUT2D eigenvalue weighted by Gasteiger charge is 2.23. The number of carbonyl (C=O) groups is 1. The molecule has 0 N–H and O–H groups in total. The molecule has 2 heterocycles. The van der Waals surface area contributed by atoms with Gasteiger partial charge in [0.15, 0.2) is 0 Å². The summed E-state index contributed by atoms with van der Waals surface area (Å²) in [7, 11) is 0. The second-order valence-electron chi connectivity index (χ2n) is 4.65. The Morgan fingerprint density at radius 1 is 1.37 bits per heavy atom. The van der Waals surface area contributed by atoms with Crippen LogP contribution in [0.1, 0.15) is 35.7 Å². The van der Waals surface area contributed by atoms with E-state index in [2.05, 4.69) is 0 Å². The fourth-order valence-corrected chi connectivity index (χ4v) is 2.02. The molecule has 2 aromatic heterocycles. The zero-order chi connectivity index (χ0) is 14.0. The number of rotatable bonds is 4. The minimum absolute atomic E-state index is 0.0314. The molecular formula is C14H16ClNO3. The normalized spacial score (nSPS) is 11.0. The largest absolute Gasteiger partial charge is 0.464 e. The summed E-state index contributed by atoms with van der Waals surface area (Å²) in [6.07, 6.45) is 1.41. The highest BCUT2D eigenvalue weighted by atomic mass is 35.5. The summed E-state index contributed by atoms with van der Waals surface area (Å²) in [5, 5.41) is 0.117. The molecule has 0 saturated heterocycles. The molecule has 0 bridgehead atoms. The van der Waals surface area contributed by atoms with Gasteiger partial charge < -0.3 is 13.7 Å². The van der Waals surface area contributed by atoms with Crippen LogP contribution in [0.25, 0.3) is 0 Å².